The summed E-state index contributed by atoms with van der Waals surface area (Å²) < 4.78 is 4.92. The second-order valence-electron chi connectivity index (χ2n) is 9.29. The van der Waals surface area contributed by atoms with Gasteiger partial charge in [0, 0.05) is 40.2 Å². The van der Waals surface area contributed by atoms with E-state index in [-0.39, 0.29) is 0 Å². The molecule has 0 saturated heterocycles. The molecule has 0 fully saturated rings. The first kappa shape index (κ1) is 24.8. The average molecular weight is 532 g/mol. The Bertz CT molecular complexity index is 1830. The van der Waals surface area contributed by atoms with Crippen LogP contribution in [0.5, 0.6) is 0 Å². The van der Waals surface area contributed by atoms with Crippen LogP contribution in [0.3, 0.4) is 0 Å². The number of carbonyl (C=O) groups is 2. The van der Waals surface area contributed by atoms with Crippen LogP contribution in [0.4, 0.5) is 11.5 Å². The van der Waals surface area contributed by atoms with E-state index in [4.69, 9.17) is 4.74 Å². The van der Waals surface area contributed by atoms with Gasteiger partial charge >= 0.3 is 5.97 Å². The zero-order valence-corrected chi connectivity index (χ0v) is 21.5. The summed E-state index contributed by atoms with van der Waals surface area (Å²) >= 11 is 0. The van der Waals surface area contributed by atoms with Crippen molar-refractivity contribution >= 4 is 45.2 Å². The van der Waals surface area contributed by atoms with Crippen LogP contribution in [-0.4, -0.2) is 50.2 Å². The lowest BCUT2D eigenvalue weighted by molar-refractivity contribution is -0.142. The molecule has 198 valence electrons. The van der Waals surface area contributed by atoms with Crippen LogP contribution in [0.15, 0.2) is 91.3 Å². The van der Waals surface area contributed by atoms with Gasteiger partial charge in [-0.25, -0.2) is 14.8 Å². The number of H-pyrrole nitrogens is 2. The van der Waals surface area contributed by atoms with Crippen molar-refractivity contribution in [1.82, 2.24) is 30.5 Å². The van der Waals surface area contributed by atoms with Gasteiger partial charge in [-0.15, -0.1) is 0 Å². The minimum absolute atomic E-state index is 0.321. The number of aromatic nitrogens is 5. The molecular weight excluding hydrogens is 506 g/mol. The number of carbonyl (C=O) groups excluding carboxylic acids is 2. The molecule has 10 nitrogen and oxygen atoms in total. The number of amides is 1. The Morgan fingerprint density at radius 2 is 1.82 bits per heavy atom. The number of hydrogen-bond acceptors (Lipinski definition) is 7. The van der Waals surface area contributed by atoms with Crippen LogP contribution < -0.4 is 10.6 Å². The van der Waals surface area contributed by atoms with Crippen molar-refractivity contribution in [3.63, 3.8) is 0 Å². The van der Waals surface area contributed by atoms with Crippen molar-refractivity contribution in [3.8, 4) is 11.4 Å². The third kappa shape index (κ3) is 5.23. The Morgan fingerprint density at radius 3 is 2.67 bits per heavy atom. The number of fused-ring (bicyclic) bond motifs is 2. The highest BCUT2D eigenvalue weighted by Crippen LogP contribution is 2.25. The Hall–Kier alpha value is -5.51. The number of esters is 1. The Morgan fingerprint density at radius 1 is 0.950 bits per heavy atom. The van der Waals surface area contributed by atoms with Crippen LogP contribution >= 0.6 is 0 Å². The number of aromatic amines is 2. The van der Waals surface area contributed by atoms with Gasteiger partial charge < -0.3 is 20.4 Å². The van der Waals surface area contributed by atoms with E-state index < -0.39 is 17.9 Å². The van der Waals surface area contributed by atoms with Gasteiger partial charge in [-0.05, 0) is 42.0 Å². The minimum atomic E-state index is -0.820. The molecule has 0 spiro atoms. The molecule has 0 radical (unpaired) electrons. The molecule has 0 aliphatic heterocycles. The summed E-state index contributed by atoms with van der Waals surface area (Å²) in [6.45, 7) is 0. The summed E-state index contributed by atoms with van der Waals surface area (Å²) in [5, 5.41) is 14.9. The number of methoxy groups -OCH3 is 1. The molecule has 3 aromatic carbocycles. The van der Waals surface area contributed by atoms with E-state index >= 15 is 0 Å². The summed E-state index contributed by atoms with van der Waals surface area (Å²) in [7, 11) is 1.31. The summed E-state index contributed by atoms with van der Waals surface area (Å²) in [5.41, 5.74) is 4.61. The first-order valence-electron chi connectivity index (χ1n) is 12.6. The third-order valence-corrected chi connectivity index (χ3v) is 6.57. The molecule has 1 amide bonds. The van der Waals surface area contributed by atoms with Crippen LogP contribution in [-0.2, 0) is 16.0 Å². The van der Waals surface area contributed by atoms with Crippen LogP contribution in [0, 0.1) is 0 Å². The second kappa shape index (κ2) is 10.7. The van der Waals surface area contributed by atoms with Gasteiger partial charge in [0.05, 0.1) is 18.8 Å². The monoisotopic (exact) mass is 531 g/mol. The molecule has 6 aromatic rings. The van der Waals surface area contributed by atoms with Crippen molar-refractivity contribution in [2.45, 2.75) is 12.5 Å². The molecule has 0 bridgehead atoms. The van der Waals surface area contributed by atoms with Crippen LogP contribution in [0.1, 0.15) is 16.1 Å². The summed E-state index contributed by atoms with van der Waals surface area (Å²) in [6, 6.07) is 23.8. The lowest BCUT2D eigenvalue weighted by Gasteiger charge is -2.16. The van der Waals surface area contributed by atoms with Gasteiger partial charge in [-0.1, -0.05) is 42.5 Å². The molecule has 3 aromatic heterocycles. The Kier molecular flexibility index (Phi) is 6.63. The van der Waals surface area contributed by atoms with Crippen molar-refractivity contribution in [1.29, 1.82) is 0 Å². The smallest absolute Gasteiger partial charge is 0.328 e. The fraction of sp³-hybridized carbons (Fsp3) is 0.100. The van der Waals surface area contributed by atoms with Gasteiger partial charge in [0.2, 0.25) is 0 Å². The topological polar surface area (TPSA) is 138 Å². The number of benzene rings is 3. The molecule has 4 N–H and O–H groups in total. The second-order valence-corrected chi connectivity index (χ2v) is 9.29. The fourth-order valence-electron chi connectivity index (χ4n) is 4.55. The van der Waals surface area contributed by atoms with Crippen LogP contribution in [0.2, 0.25) is 0 Å². The maximum atomic E-state index is 13.1. The standard InChI is InChI=1S/C30H25N7O3/c1-40-30(39)26(13-18-5-3-2-4-6-18)35-29(38)25-15-19-7-8-20(16-24(19)34-25)28-31-12-11-27(36-28)33-22-9-10-23-21(14-22)17-32-37-23/h2-12,14-17,26,34H,13H2,1H3,(H,32,37)(H,35,38)(H,31,33,36)/t26-/m0/s1. The number of ether oxygens (including phenoxy) is 1. The lowest BCUT2D eigenvalue weighted by Crippen LogP contribution is -2.43. The zero-order chi connectivity index (χ0) is 27.5. The van der Waals surface area contributed by atoms with Gasteiger partial charge in [0.15, 0.2) is 5.82 Å². The summed E-state index contributed by atoms with van der Waals surface area (Å²) in [5.74, 6) is 0.268. The van der Waals surface area contributed by atoms with Gasteiger partial charge in [-0.2, -0.15) is 5.10 Å². The third-order valence-electron chi connectivity index (χ3n) is 6.57. The van der Waals surface area contributed by atoms with E-state index in [0.717, 1.165) is 38.6 Å². The molecular formula is C30H25N7O3. The predicted octanol–water partition coefficient (Wildman–Crippen LogP) is 4.76. The van der Waals surface area contributed by atoms with Gasteiger partial charge in [0.25, 0.3) is 5.91 Å². The fourth-order valence-corrected chi connectivity index (χ4v) is 4.55. The van der Waals surface area contributed by atoms with E-state index in [0.29, 0.717) is 23.8 Å². The average Bonchev–Trinajstić information content (AvgIpc) is 3.63. The highest BCUT2D eigenvalue weighted by molar-refractivity contribution is 6.00. The van der Waals surface area contributed by atoms with Crippen molar-refractivity contribution < 1.29 is 14.3 Å². The maximum Gasteiger partial charge on any atom is 0.328 e. The minimum Gasteiger partial charge on any atom is -0.467 e. The lowest BCUT2D eigenvalue weighted by atomic mass is 10.1. The number of hydrogen-bond donors (Lipinski definition) is 4. The van der Waals surface area contributed by atoms with Crippen molar-refractivity contribution in [2.24, 2.45) is 0 Å². The molecule has 6 rings (SSSR count). The highest BCUT2D eigenvalue weighted by atomic mass is 16.5. The molecule has 3 heterocycles. The van der Waals surface area contributed by atoms with Crippen LogP contribution in [0.25, 0.3) is 33.2 Å². The SMILES string of the molecule is COC(=O)[C@H](Cc1ccccc1)NC(=O)c1cc2ccc(-c3nccc(Nc4ccc5[nH]ncc5c4)n3)cc2[nH]1. The summed E-state index contributed by atoms with van der Waals surface area (Å²) in [4.78, 5) is 37.7. The van der Waals surface area contributed by atoms with Crippen molar-refractivity contribution in [3.05, 3.63) is 103 Å². The van der Waals surface area contributed by atoms with E-state index in [1.54, 1.807) is 24.5 Å². The van der Waals surface area contributed by atoms with Gasteiger partial charge in [-0.3, -0.25) is 9.89 Å². The van der Waals surface area contributed by atoms with Gasteiger partial charge in [0.1, 0.15) is 17.6 Å². The first-order chi connectivity index (χ1) is 19.6. The maximum absolute atomic E-state index is 13.1. The molecule has 40 heavy (non-hydrogen) atoms. The molecule has 0 saturated carbocycles. The predicted molar refractivity (Wildman–Crippen MR) is 152 cm³/mol. The van der Waals surface area contributed by atoms with E-state index in [1.807, 2.05) is 66.7 Å². The molecule has 0 unspecified atom stereocenters. The van der Waals surface area contributed by atoms with E-state index in [9.17, 15) is 9.59 Å². The quantitative estimate of drug-likeness (QED) is 0.208. The molecule has 1 atom stereocenters. The normalized spacial score (nSPS) is 11.8. The number of nitrogens with one attached hydrogen (secondary N) is 4. The Labute approximate surface area is 228 Å². The molecule has 0 aliphatic rings. The van der Waals surface area contributed by atoms with Crippen molar-refractivity contribution in [2.75, 3.05) is 12.4 Å². The highest BCUT2D eigenvalue weighted by Gasteiger charge is 2.23. The van der Waals surface area contributed by atoms with E-state index in [2.05, 4.69) is 35.8 Å². The summed E-state index contributed by atoms with van der Waals surface area (Å²) in [6.07, 6.45) is 3.78. The Balaban J connectivity index is 1.20. The van der Waals surface area contributed by atoms with E-state index in [1.165, 1.54) is 7.11 Å². The zero-order valence-electron chi connectivity index (χ0n) is 21.5. The number of rotatable bonds is 8. The largest absolute Gasteiger partial charge is 0.467 e. The first-order valence-corrected chi connectivity index (χ1v) is 12.6. The number of anilines is 2. The molecule has 10 heteroatoms. The number of nitrogens with zero attached hydrogens (tertiary/aromatic N) is 3. The molecule has 0 aliphatic carbocycles.